The molecule has 0 spiro atoms. The van der Waals surface area contributed by atoms with E-state index in [9.17, 15) is 4.79 Å². The van der Waals surface area contributed by atoms with Crippen molar-refractivity contribution in [3.63, 3.8) is 0 Å². The summed E-state index contributed by atoms with van der Waals surface area (Å²) in [5.74, 6) is 1.13. The number of rotatable bonds is 4. The summed E-state index contributed by atoms with van der Waals surface area (Å²) >= 11 is 0. The van der Waals surface area contributed by atoms with Gasteiger partial charge in [-0.1, -0.05) is 30.3 Å². The van der Waals surface area contributed by atoms with E-state index in [0.29, 0.717) is 11.8 Å². The number of benzene rings is 1. The molecule has 2 aromatic rings. The molecule has 1 heterocycles. The monoisotopic (exact) mass is 352 g/mol. The Hall–Kier alpha value is -2.28. The minimum Gasteiger partial charge on any atom is -0.349 e. The summed E-state index contributed by atoms with van der Waals surface area (Å²) in [7, 11) is 0. The molecule has 3 atom stereocenters. The Bertz CT molecular complexity index is 791. The lowest BCUT2D eigenvalue weighted by Crippen LogP contribution is -2.66. The molecule has 4 aliphatic rings. The molecule has 136 valence electrons. The molecule has 1 aromatic heterocycles. The summed E-state index contributed by atoms with van der Waals surface area (Å²) < 4.78 is 0. The molecule has 7 heteroatoms. The maximum atomic E-state index is 12.9. The largest absolute Gasteiger partial charge is 0.349 e. The average Bonchev–Trinajstić information content (AvgIpc) is 3.16. The summed E-state index contributed by atoms with van der Waals surface area (Å²) in [6.07, 6.45) is 7.87. The topological polar surface area (TPSA) is 98.7 Å². The minimum absolute atomic E-state index is 0.0835. The van der Waals surface area contributed by atoms with Crippen LogP contribution in [0, 0.1) is 11.8 Å². The fourth-order valence-corrected chi connectivity index (χ4v) is 6.13. The van der Waals surface area contributed by atoms with E-state index in [0.717, 1.165) is 37.7 Å². The van der Waals surface area contributed by atoms with Crippen molar-refractivity contribution in [2.75, 3.05) is 0 Å². The maximum Gasteiger partial charge on any atom is 0.241 e. The molecule has 0 saturated heterocycles. The third kappa shape index (κ3) is 2.45. The normalized spacial score (nSPS) is 36.0. The van der Waals surface area contributed by atoms with Crippen LogP contribution in [0.2, 0.25) is 0 Å². The van der Waals surface area contributed by atoms with Gasteiger partial charge >= 0.3 is 0 Å². The molecule has 7 nitrogen and oxygen atoms in total. The molecular weight excluding hydrogens is 328 g/mol. The Morgan fingerprint density at radius 2 is 1.92 bits per heavy atom. The number of hydrogen-bond donors (Lipinski definition) is 2. The minimum atomic E-state index is -0.635. The molecule has 26 heavy (non-hydrogen) atoms. The quantitative estimate of drug-likeness (QED) is 0.869. The van der Waals surface area contributed by atoms with Crippen LogP contribution in [0.4, 0.5) is 0 Å². The second kappa shape index (κ2) is 5.61. The Balaban J connectivity index is 1.41. The highest BCUT2D eigenvalue weighted by Crippen LogP contribution is 2.60. The van der Waals surface area contributed by atoms with Crippen LogP contribution in [0.25, 0.3) is 0 Å². The number of aromatic nitrogens is 4. The predicted octanol–water partition coefficient (Wildman–Crippen LogP) is 1.54. The summed E-state index contributed by atoms with van der Waals surface area (Å²) in [6, 6.07) is 8.94. The second-order valence-electron chi connectivity index (χ2n) is 8.57. The Morgan fingerprint density at radius 1 is 1.19 bits per heavy atom. The molecule has 0 aliphatic heterocycles. The Labute approximate surface area is 152 Å². The van der Waals surface area contributed by atoms with Gasteiger partial charge in [0.25, 0.3) is 0 Å². The van der Waals surface area contributed by atoms with E-state index in [1.54, 1.807) is 0 Å². The molecule has 1 amide bonds. The highest BCUT2D eigenvalue weighted by Gasteiger charge is 2.60. The number of nitrogens with zero attached hydrogens (tertiary/aromatic N) is 4. The first-order chi connectivity index (χ1) is 12.6. The van der Waals surface area contributed by atoms with Crippen LogP contribution in [0.1, 0.15) is 50.1 Å². The zero-order chi connectivity index (χ0) is 17.8. The van der Waals surface area contributed by atoms with Crippen molar-refractivity contribution in [2.24, 2.45) is 17.6 Å². The number of carbonyl (C=O) groups excluding carboxylic acids is 1. The van der Waals surface area contributed by atoms with Crippen molar-refractivity contribution in [3.8, 4) is 0 Å². The predicted molar refractivity (Wildman–Crippen MR) is 94.7 cm³/mol. The van der Waals surface area contributed by atoms with Gasteiger partial charge in [-0.2, -0.15) is 4.80 Å². The van der Waals surface area contributed by atoms with E-state index in [1.165, 1.54) is 12.7 Å². The number of amides is 1. The zero-order valence-corrected chi connectivity index (χ0v) is 14.7. The smallest absolute Gasteiger partial charge is 0.241 e. The van der Waals surface area contributed by atoms with Gasteiger partial charge in [-0.15, -0.1) is 10.2 Å². The maximum absolute atomic E-state index is 12.9. The highest BCUT2D eigenvalue weighted by molar-refractivity contribution is 5.83. The van der Waals surface area contributed by atoms with Gasteiger partial charge in [-0.05, 0) is 61.1 Å². The van der Waals surface area contributed by atoms with Gasteiger partial charge in [0.2, 0.25) is 5.91 Å². The Morgan fingerprint density at radius 3 is 2.58 bits per heavy atom. The standard InChI is InChI=1S/C19H24N6O/c20-16(15-4-2-1-3-5-15)17(26)23-18-7-13-6-14(8-18)10-19(9-13,11-18)25-22-12-21-24-25/h1-5,12-14,16H,6-11,20H2,(H,23,26)/t13?,14?,16-,18?,19?/m0/s1. The van der Waals surface area contributed by atoms with Gasteiger partial charge in [0.05, 0.1) is 5.54 Å². The zero-order valence-electron chi connectivity index (χ0n) is 14.7. The van der Waals surface area contributed by atoms with Gasteiger partial charge < -0.3 is 11.1 Å². The highest BCUT2D eigenvalue weighted by atomic mass is 16.2. The molecule has 4 fully saturated rings. The molecule has 4 aliphatic carbocycles. The SMILES string of the molecule is N[C@H](C(=O)NC12CC3CC(C1)CC(n1ncnn1)(C3)C2)c1ccccc1. The van der Waals surface area contributed by atoms with Gasteiger partial charge in [-0.3, -0.25) is 4.79 Å². The van der Waals surface area contributed by atoms with Crippen LogP contribution in [0.3, 0.4) is 0 Å². The van der Waals surface area contributed by atoms with E-state index in [4.69, 9.17) is 5.73 Å². The third-order valence-corrected chi connectivity index (χ3v) is 6.63. The average molecular weight is 352 g/mol. The first kappa shape index (κ1) is 15.9. The van der Waals surface area contributed by atoms with Crippen LogP contribution in [0.5, 0.6) is 0 Å². The van der Waals surface area contributed by atoms with Gasteiger partial charge in [0, 0.05) is 5.54 Å². The lowest BCUT2D eigenvalue weighted by atomic mass is 9.50. The first-order valence-electron chi connectivity index (χ1n) is 9.44. The number of carbonyl (C=O) groups is 1. The number of nitrogens with one attached hydrogen (secondary N) is 1. The fraction of sp³-hybridized carbons (Fsp3) is 0.579. The van der Waals surface area contributed by atoms with E-state index in [-0.39, 0.29) is 17.0 Å². The molecule has 6 rings (SSSR count). The summed E-state index contributed by atoms with van der Waals surface area (Å²) in [5.41, 5.74) is 6.79. The Kier molecular flexibility index (Phi) is 3.44. The van der Waals surface area contributed by atoms with E-state index in [1.807, 2.05) is 35.1 Å². The number of hydrogen-bond acceptors (Lipinski definition) is 5. The van der Waals surface area contributed by atoms with Crippen LogP contribution in [-0.2, 0) is 10.3 Å². The molecule has 3 N–H and O–H groups in total. The molecule has 2 unspecified atom stereocenters. The van der Waals surface area contributed by atoms with Gasteiger partial charge in [-0.25, -0.2) is 0 Å². The van der Waals surface area contributed by atoms with Crippen molar-refractivity contribution in [2.45, 2.75) is 55.6 Å². The number of tetrazole rings is 1. The number of nitrogens with two attached hydrogens (primary N) is 1. The molecule has 4 saturated carbocycles. The molecule has 0 radical (unpaired) electrons. The fourth-order valence-electron chi connectivity index (χ4n) is 6.13. The summed E-state index contributed by atoms with van der Waals surface area (Å²) in [6.45, 7) is 0. The van der Waals surface area contributed by atoms with Crippen molar-refractivity contribution in [1.29, 1.82) is 0 Å². The lowest BCUT2D eigenvalue weighted by Gasteiger charge is -2.61. The molecule has 1 aromatic carbocycles. The molecule has 4 bridgehead atoms. The summed E-state index contributed by atoms with van der Waals surface area (Å²) in [5, 5.41) is 15.9. The van der Waals surface area contributed by atoms with Crippen LogP contribution >= 0.6 is 0 Å². The van der Waals surface area contributed by atoms with Crippen molar-refractivity contribution >= 4 is 5.91 Å². The van der Waals surface area contributed by atoms with Crippen LogP contribution < -0.4 is 11.1 Å². The lowest BCUT2D eigenvalue weighted by molar-refractivity contribution is -0.132. The van der Waals surface area contributed by atoms with Crippen molar-refractivity contribution in [3.05, 3.63) is 42.2 Å². The van der Waals surface area contributed by atoms with E-state index >= 15 is 0 Å². The van der Waals surface area contributed by atoms with Crippen LogP contribution in [0.15, 0.2) is 36.7 Å². The second-order valence-corrected chi connectivity index (χ2v) is 8.57. The van der Waals surface area contributed by atoms with Crippen molar-refractivity contribution < 1.29 is 4.79 Å². The third-order valence-electron chi connectivity index (χ3n) is 6.63. The van der Waals surface area contributed by atoms with Crippen LogP contribution in [-0.4, -0.2) is 31.7 Å². The van der Waals surface area contributed by atoms with E-state index < -0.39 is 6.04 Å². The van der Waals surface area contributed by atoms with Gasteiger partial charge in [0.1, 0.15) is 6.04 Å². The van der Waals surface area contributed by atoms with Gasteiger partial charge in [0.15, 0.2) is 6.33 Å². The summed E-state index contributed by atoms with van der Waals surface area (Å²) in [4.78, 5) is 14.7. The first-order valence-corrected chi connectivity index (χ1v) is 9.44. The van der Waals surface area contributed by atoms with Crippen molar-refractivity contribution in [1.82, 2.24) is 25.5 Å². The molecular formula is C19H24N6O. The van der Waals surface area contributed by atoms with E-state index in [2.05, 4.69) is 20.7 Å².